The molecular formula is C29H40BN7O6. The first kappa shape index (κ1) is 33.1. The van der Waals surface area contributed by atoms with E-state index in [1.807, 2.05) is 68.7 Å². The average molecular weight is 593 g/mol. The van der Waals surface area contributed by atoms with Crippen molar-refractivity contribution in [2.45, 2.75) is 32.8 Å². The average Bonchev–Trinajstić information content (AvgIpc) is 3.28. The van der Waals surface area contributed by atoms with Gasteiger partial charge in [0, 0.05) is 13.4 Å². The van der Waals surface area contributed by atoms with Crippen LogP contribution in [0.3, 0.4) is 0 Å². The Labute approximate surface area is 251 Å². The number of esters is 1. The molecule has 0 bridgehead atoms. The fourth-order valence-corrected chi connectivity index (χ4v) is 4.03. The summed E-state index contributed by atoms with van der Waals surface area (Å²) < 4.78 is 23.4. The number of carbonyl (C=O) groups excluding carboxylic acids is 1. The predicted molar refractivity (Wildman–Crippen MR) is 166 cm³/mol. The Bertz CT molecular complexity index is 1500. The maximum Gasteiger partial charge on any atom is 0.451 e. The Kier molecular flexibility index (Phi) is 13.0. The van der Waals surface area contributed by atoms with Crippen LogP contribution in [0.15, 0.2) is 59.4 Å². The highest BCUT2D eigenvalue weighted by atomic mass is 16.5. The van der Waals surface area contributed by atoms with Crippen LogP contribution in [0.25, 0.3) is 11.2 Å². The summed E-state index contributed by atoms with van der Waals surface area (Å²) in [5.74, 6) is 0.417. The molecule has 43 heavy (non-hydrogen) atoms. The van der Waals surface area contributed by atoms with Crippen molar-refractivity contribution >= 4 is 30.0 Å². The summed E-state index contributed by atoms with van der Waals surface area (Å²) in [5.41, 5.74) is 8.16. The van der Waals surface area contributed by atoms with Crippen molar-refractivity contribution in [1.29, 1.82) is 0 Å². The number of hydrogen-bond donors (Lipinski definition) is 4. The van der Waals surface area contributed by atoms with Gasteiger partial charge < -0.3 is 40.1 Å². The molecule has 2 aromatic carbocycles. The van der Waals surface area contributed by atoms with Crippen LogP contribution in [0.1, 0.15) is 25.0 Å². The first-order valence-electron chi connectivity index (χ1n) is 13.9. The molecule has 2 aromatic heterocycles. The molecule has 0 fully saturated rings. The highest BCUT2D eigenvalue weighted by molar-refractivity contribution is 6.49. The molecule has 0 spiro atoms. The molecule has 0 radical (unpaired) electrons. The summed E-state index contributed by atoms with van der Waals surface area (Å²) in [6.07, 6.45) is 0.244. The number of fused-ring (bicyclic) bond motifs is 1. The lowest BCUT2D eigenvalue weighted by Crippen LogP contribution is -2.45. The number of nitrogens with one attached hydrogen (secondary N) is 3. The summed E-state index contributed by atoms with van der Waals surface area (Å²) in [7, 11) is 4.81. The minimum Gasteiger partial charge on any atom is -0.546 e. The Balaban J connectivity index is 0.00000162. The van der Waals surface area contributed by atoms with Crippen molar-refractivity contribution in [3.05, 3.63) is 76.2 Å². The number of anilines is 1. The summed E-state index contributed by atoms with van der Waals surface area (Å²) >= 11 is 0. The van der Waals surface area contributed by atoms with Crippen LogP contribution in [0.4, 0.5) is 5.82 Å². The first-order valence-corrected chi connectivity index (χ1v) is 13.9. The molecular weight excluding hydrogens is 553 g/mol. The maximum atomic E-state index is 12.8. The van der Waals surface area contributed by atoms with Crippen molar-refractivity contribution in [2.24, 2.45) is 0 Å². The van der Waals surface area contributed by atoms with Crippen molar-refractivity contribution in [3.63, 3.8) is 0 Å². The van der Waals surface area contributed by atoms with Crippen LogP contribution in [0, 0.1) is 0 Å². The number of benzene rings is 2. The normalized spacial score (nSPS) is 10.7. The predicted octanol–water partition coefficient (Wildman–Crippen LogP) is 1.80. The van der Waals surface area contributed by atoms with E-state index in [9.17, 15) is 9.59 Å². The Hall–Kier alpha value is -4.40. The van der Waals surface area contributed by atoms with E-state index in [0.717, 1.165) is 11.1 Å². The summed E-state index contributed by atoms with van der Waals surface area (Å²) in [4.78, 5) is 36.2. The second-order valence-corrected chi connectivity index (χ2v) is 9.81. The number of nitrogen functional groups attached to an aromatic ring is 1. The molecule has 0 saturated carbocycles. The number of aromatic nitrogens is 4. The highest BCUT2D eigenvalue weighted by Crippen LogP contribution is 2.19. The van der Waals surface area contributed by atoms with Crippen LogP contribution >= 0.6 is 0 Å². The number of para-hydroxylation sites is 1. The molecule has 230 valence electrons. The van der Waals surface area contributed by atoms with Gasteiger partial charge in [-0.05, 0) is 51.2 Å². The third-order valence-corrected chi connectivity index (χ3v) is 5.76. The van der Waals surface area contributed by atoms with E-state index in [2.05, 4.69) is 25.5 Å². The molecule has 5 N–H and O–H groups in total. The molecule has 0 atom stereocenters. The van der Waals surface area contributed by atoms with Crippen LogP contribution in [-0.2, 0) is 27.1 Å². The number of rotatable bonds is 14. The fourth-order valence-electron chi connectivity index (χ4n) is 4.03. The smallest absolute Gasteiger partial charge is 0.451 e. The van der Waals surface area contributed by atoms with E-state index in [1.165, 1.54) is 4.57 Å². The molecule has 0 unspecified atom stereocenters. The molecule has 0 amide bonds. The number of imidazole rings is 1. The van der Waals surface area contributed by atoms with Gasteiger partial charge in [-0.25, -0.2) is 4.79 Å². The molecule has 4 rings (SSSR count). The number of carbonyl (C=O) groups is 1. The molecule has 0 saturated heterocycles. The molecule has 0 aliphatic heterocycles. The minimum atomic E-state index is -0.507. The lowest BCUT2D eigenvalue weighted by Gasteiger charge is -2.17. The molecule has 14 heteroatoms. The summed E-state index contributed by atoms with van der Waals surface area (Å²) in [6, 6.07) is 17.2. The van der Waals surface area contributed by atoms with E-state index in [1.54, 1.807) is 21.0 Å². The summed E-state index contributed by atoms with van der Waals surface area (Å²) in [6.45, 7) is 4.44. The zero-order valence-electron chi connectivity index (χ0n) is 25.3. The van der Waals surface area contributed by atoms with E-state index in [4.69, 9.17) is 24.6 Å². The number of ether oxygens (including phenoxy) is 3. The molecule has 4 aromatic rings. The van der Waals surface area contributed by atoms with Gasteiger partial charge in [-0.3, -0.25) is 9.36 Å². The van der Waals surface area contributed by atoms with Gasteiger partial charge in [0.05, 0.1) is 31.5 Å². The monoisotopic (exact) mass is 593 g/mol. The number of methoxy groups -OCH3 is 1. The van der Waals surface area contributed by atoms with Gasteiger partial charge in [0.15, 0.2) is 11.5 Å². The van der Waals surface area contributed by atoms with Gasteiger partial charge in [-0.15, -0.1) is 0 Å². The van der Waals surface area contributed by atoms with Crippen molar-refractivity contribution in [1.82, 2.24) is 30.1 Å². The largest absolute Gasteiger partial charge is 0.546 e. The Morgan fingerprint density at radius 1 is 1.07 bits per heavy atom. The second kappa shape index (κ2) is 16.9. The SMILES string of the molecule is CNC.COCCOc1nc(N)c2[nH]c(=O)n(Cc3cccc(CB(NCC(=O)OC(C)C)Oc4ccccc4)c3)c2n1. The number of nitrogens with zero attached hydrogens (tertiary/aromatic N) is 3. The number of nitrogens with two attached hydrogens (primary N) is 1. The third-order valence-electron chi connectivity index (χ3n) is 5.76. The first-order chi connectivity index (χ1) is 20.7. The van der Waals surface area contributed by atoms with Gasteiger partial charge in [0.25, 0.3) is 0 Å². The Morgan fingerprint density at radius 3 is 2.49 bits per heavy atom. The van der Waals surface area contributed by atoms with Gasteiger partial charge in [-0.2, -0.15) is 9.97 Å². The van der Waals surface area contributed by atoms with Crippen LogP contribution < -0.4 is 31.4 Å². The van der Waals surface area contributed by atoms with Crippen LogP contribution in [0.5, 0.6) is 11.8 Å². The minimum absolute atomic E-state index is 0.00395. The number of aromatic amines is 1. The lowest BCUT2D eigenvalue weighted by molar-refractivity contribution is -0.145. The zero-order chi connectivity index (χ0) is 31.2. The fraction of sp³-hybridized carbons (Fsp3) is 0.379. The lowest BCUT2D eigenvalue weighted by atomic mass is 9.74. The van der Waals surface area contributed by atoms with E-state index in [0.29, 0.717) is 29.8 Å². The third kappa shape index (κ3) is 10.4. The molecule has 0 aliphatic rings. The van der Waals surface area contributed by atoms with Crippen molar-refractivity contribution in [2.75, 3.05) is 46.7 Å². The van der Waals surface area contributed by atoms with E-state index in [-0.39, 0.29) is 49.3 Å². The van der Waals surface area contributed by atoms with Crippen molar-refractivity contribution in [3.8, 4) is 11.8 Å². The zero-order valence-corrected chi connectivity index (χ0v) is 25.3. The van der Waals surface area contributed by atoms with Gasteiger partial charge in [0.1, 0.15) is 12.1 Å². The topological polar surface area (TPSA) is 168 Å². The van der Waals surface area contributed by atoms with Crippen LogP contribution in [0.2, 0.25) is 0 Å². The van der Waals surface area contributed by atoms with Crippen LogP contribution in [-0.4, -0.2) is 79.6 Å². The van der Waals surface area contributed by atoms with Gasteiger partial charge in [0.2, 0.25) is 0 Å². The van der Waals surface area contributed by atoms with E-state index < -0.39 is 7.05 Å². The summed E-state index contributed by atoms with van der Waals surface area (Å²) in [5, 5.41) is 5.89. The highest BCUT2D eigenvalue weighted by Gasteiger charge is 2.22. The maximum absolute atomic E-state index is 12.8. The van der Waals surface area contributed by atoms with Crippen molar-refractivity contribution < 1.29 is 23.7 Å². The molecule has 2 heterocycles. The number of H-pyrrole nitrogens is 1. The molecule has 13 nitrogen and oxygen atoms in total. The second-order valence-electron chi connectivity index (χ2n) is 9.81. The molecule has 0 aliphatic carbocycles. The number of hydrogen-bond acceptors (Lipinski definition) is 11. The quantitative estimate of drug-likeness (QED) is 0.0956. The Morgan fingerprint density at radius 2 is 1.79 bits per heavy atom. The van der Waals surface area contributed by atoms with Gasteiger partial charge >= 0.3 is 24.7 Å². The standard InChI is InChI=1S/C27H33BN6O6.C2H7N/c1-18(2)39-22(35)16-30-28(40-21-10-5-4-6-11-21)15-19-8-7-9-20(14-19)17-34-25-23(31-27(34)36)24(29)32-26(33-25)38-13-12-37-3;1-3-2/h4-11,14,18,30H,12-13,15-17H2,1-3H3,(H,31,36)(H2,29,32,33);3H,1-2H3. The van der Waals surface area contributed by atoms with Gasteiger partial charge in [-0.1, -0.05) is 42.5 Å². The van der Waals surface area contributed by atoms with E-state index >= 15 is 0 Å².